The number of nitrogen functional groups attached to an aromatic ring is 1. The number of rotatable bonds is 4. The van der Waals surface area contributed by atoms with Crippen molar-refractivity contribution in [2.75, 3.05) is 18.8 Å². The van der Waals surface area contributed by atoms with E-state index >= 15 is 0 Å². The molecule has 0 spiro atoms. The minimum absolute atomic E-state index is 0.196. The number of ether oxygens (including phenoxy) is 1. The average molecular weight is 293 g/mol. The van der Waals surface area contributed by atoms with Crippen molar-refractivity contribution in [2.45, 2.75) is 33.3 Å². The summed E-state index contributed by atoms with van der Waals surface area (Å²) >= 11 is 0. The SMILES string of the molecule is Cc1cc(N)ccc1C(=O)NCCNC(=O)OC(C)(C)C. The summed E-state index contributed by atoms with van der Waals surface area (Å²) in [6.45, 7) is 7.81. The molecular weight excluding hydrogens is 270 g/mol. The Morgan fingerprint density at radius 1 is 1.19 bits per heavy atom. The van der Waals surface area contributed by atoms with Crippen LogP contribution in [-0.4, -0.2) is 30.7 Å². The molecule has 0 aliphatic rings. The number of anilines is 1. The van der Waals surface area contributed by atoms with Crippen LogP contribution in [0.4, 0.5) is 10.5 Å². The van der Waals surface area contributed by atoms with E-state index < -0.39 is 11.7 Å². The Bertz CT molecular complexity index is 521. The molecule has 0 fully saturated rings. The molecule has 1 aromatic carbocycles. The summed E-state index contributed by atoms with van der Waals surface area (Å²) in [7, 11) is 0. The van der Waals surface area contributed by atoms with E-state index in [0.29, 0.717) is 24.3 Å². The normalized spacial score (nSPS) is 10.9. The number of amides is 2. The Morgan fingerprint density at radius 2 is 1.81 bits per heavy atom. The number of alkyl carbamates (subject to hydrolysis) is 1. The van der Waals surface area contributed by atoms with Crippen molar-refractivity contribution in [3.8, 4) is 0 Å². The minimum atomic E-state index is -0.533. The van der Waals surface area contributed by atoms with Crippen LogP contribution in [0.2, 0.25) is 0 Å². The summed E-state index contributed by atoms with van der Waals surface area (Å²) in [6.07, 6.45) is -0.500. The number of nitrogens with two attached hydrogens (primary N) is 1. The van der Waals surface area contributed by atoms with E-state index in [1.165, 1.54) is 0 Å². The second kappa shape index (κ2) is 6.97. The highest BCUT2D eigenvalue weighted by Crippen LogP contribution is 2.12. The molecule has 6 nitrogen and oxygen atoms in total. The average Bonchev–Trinajstić information content (AvgIpc) is 2.32. The van der Waals surface area contributed by atoms with Gasteiger partial charge >= 0.3 is 6.09 Å². The van der Waals surface area contributed by atoms with E-state index in [4.69, 9.17) is 10.5 Å². The quantitative estimate of drug-likeness (QED) is 0.583. The van der Waals surface area contributed by atoms with Gasteiger partial charge in [0.15, 0.2) is 0 Å². The lowest BCUT2D eigenvalue weighted by Crippen LogP contribution is -2.38. The highest BCUT2D eigenvalue weighted by molar-refractivity contribution is 5.96. The van der Waals surface area contributed by atoms with Crippen LogP contribution >= 0.6 is 0 Å². The lowest BCUT2D eigenvalue weighted by atomic mass is 10.1. The molecule has 0 radical (unpaired) electrons. The Hall–Kier alpha value is -2.24. The molecule has 0 saturated heterocycles. The van der Waals surface area contributed by atoms with E-state index in [1.807, 2.05) is 6.92 Å². The highest BCUT2D eigenvalue weighted by Gasteiger charge is 2.15. The molecule has 0 aromatic heterocycles. The monoisotopic (exact) mass is 293 g/mol. The molecule has 6 heteroatoms. The maximum absolute atomic E-state index is 12.0. The van der Waals surface area contributed by atoms with Crippen LogP contribution in [0.1, 0.15) is 36.7 Å². The van der Waals surface area contributed by atoms with E-state index in [0.717, 1.165) is 5.56 Å². The van der Waals surface area contributed by atoms with Gasteiger partial charge in [-0.15, -0.1) is 0 Å². The minimum Gasteiger partial charge on any atom is -0.444 e. The standard InChI is InChI=1S/C15H23N3O3/c1-10-9-11(16)5-6-12(10)13(19)17-7-8-18-14(20)21-15(2,3)4/h5-6,9H,7-8,16H2,1-4H3,(H,17,19)(H,18,20). The lowest BCUT2D eigenvalue weighted by molar-refractivity contribution is 0.0526. The molecule has 116 valence electrons. The van der Waals surface area contributed by atoms with Crippen LogP contribution < -0.4 is 16.4 Å². The molecule has 1 aromatic rings. The van der Waals surface area contributed by atoms with E-state index in [9.17, 15) is 9.59 Å². The Kier molecular flexibility index (Phi) is 5.58. The maximum atomic E-state index is 12.0. The number of hydrogen-bond donors (Lipinski definition) is 3. The summed E-state index contributed by atoms with van der Waals surface area (Å²) in [5.74, 6) is -0.196. The van der Waals surface area contributed by atoms with Gasteiger partial charge in [-0.1, -0.05) is 0 Å². The Labute approximate surface area is 125 Å². The third kappa shape index (κ3) is 6.16. The molecule has 1 rings (SSSR count). The predicted octanol–water partition coefficient (Wildman–Crippen LogP) is 1.83. The number of benzene rings is 1. The van der Waals surface area contributed by atoms with Gasteiger partial charge in [-0.25, -0.2) is 4.79 Å². The summed E-state index contributed by atoms with van der Waals surface area (Å²) < 4.78 is 5.09. The molecule has 0 unspecified atom stereocenters. The van der Waals surface area contributed by atoms with Crippen molar-refractivity contribution in [3.05, 3.63) is 29.3 Å². The fourth-order valence-corrected chi connectivity index (χ4v) is 1.69. The van der Waals surface area contributed by atoms with Crippen LogP contribution in [0.15, 0.2) is 18.2 Å². The molecule has 4 N–H and O–H groups in total. The van der Waals surface area contributed by atoms with Gasteiger partial charge in [-0.05, 0) is 51.5 Å². The lowest BCUT2D eigenvalue weighted by Gasteiger charge is -2.19. The summed E-state index contributed by atoms with van der Waals surface area (Å²) in [5.41, 5.74) is 7.11. The first kappa shape index (κ1) is 16.8. The summed E-state index contributed by atoms with van der Waals surface area (Å²) in [6, 6.07) is 5.11. The van der Waals surface area contributed by atoms with Gasteiger partial charge in [0.1, 0.15) is 5.60 Å². The van der Waals surface area contributed by atoms with Gasteiger partial charge in [0, 0.05) is 24.3 Å². The third-order valence-electron chi connectivity index (χ3n) is 2.57. The van der Waals surface area contributed by atoms with Crippen molar-refractivity contribution < 1.29 is 14.3 Å². The van der Waals surface area contributed by atoms with E-state index in [1.54, 1.807) is 39.0 Å². The zero-order chi connectivity index (χ0) is 16.0. The van der Waals surface area contributed by atoms with Crippen LogP contribution in [0.5, 0.6) is 0 Å². The van der Waals surface area contributed by atoms with Gasteiger partial charge in [-0.2, -0.15) is 0 Å². The van der Waals surface area contributed by atoms with Crippen molar-refractivity contribution in [2.24, 2.45) is 0 Å². The molecule has 2 amide bonds. The molecule has 0 atom stereocenters. The van der Waals surface area contributed by atoms with E-state index in [2.05, 4.69) is 10.6 Å². The largest absolute Gasteiger partial charge is 0.444 e. The fraction of sp³-hybridized carbons (Fsp3) is 0.467. The smallest absolute Gasteiger partial charge is 0.407 e. The van der Waals surface area contributed by atoms with Crippen LogP contribution in [0.25, 0.3) is 0 Å². The second-order valence-corrected chi connectivity index (χ2v) is 5.76. The van der Waals surface area contributed by atoms with Crippen LogP contribution in [0, 0.1) is 6.92 Å². The molecule has 0 bridgehead atoms. The first-order valence-corrected chi connectivity index (χ1v) is 6.80. The van der Waals surface area contributed by atoms with Gasteiger partial charge in [0.2, 0.25) is 0 Å². The first-order chi connectivity index (χ1) is 9.69. The van der Waals surface area contributed by atoms with Crippen molar-refractivity contribution >= 4 is 17.7 Å². The zero-order valence-corrected chi connectivity index (χ0v) is 12.9. The molecular formula is C15H23N3O3. The maximum Gasteiger partial charge on any atom is 0.407 e. The molecule has 0 aliphatic heterocycles. The van der Waals surface area contributed by atoms with Gasteiger partial charge in [0.05, 0.1) is 0 Å². The van der Waals surface area contributed by atoms with Crippen LogP contribution in [0.3, 0.4) is 0 Å². The van der Waals surface area contributed by atoms with Gasteiger partial charge in [-0.3, -0.25) is 4.79 Å². The number of carbonyl (C=O) groups is 2. The highest BCUT2D eigenvalue weighted by atomic mass is 16.6. The van der Waals surface area contributed by atoms with Gasteiger partial charge in [0.25, 0.3) is 5.91 Å². The predicted molar refractivity (Wildman–Crippen MR) is 82.2 cm³/mol. The number of nitrogens with one attached hydrogen (secondary N) is 2. The second-order valence-electron chi connectivity index (χ2n) is 5.76. The Balaban J connectivity index is 2.36. The fourth-order valence-electron chi connectivity index (χ4n) is 1.69. The number of carbonyl (C=O) groups excluding carboxylic acids is 2. The molecule has 0 aliphatic carbocycles. The molecule has 21 heavy (non-hydrogen) atoms. The van der Waals surface area contributed by atoms with Gasteiger partial charge < -0.3 is 21.1 Å². The summed E-state index contributed by atoms with van der Waals surface area (Å²) in [5, 5.41) is 5.30. The van der Waals surface area contributed by atoms with Crippen molar-refractivity contribution in [3.63, 3.8) is 0 Å². The van der Waals surface area contributed by atoms with Crippen molar-refractivity contribution in [1.82, 2.24) is 10.6 Å². The Morgan fingerprint density at radius 3 is 2.38 bits per heavy atom. The molecule has 0 heterocycles. The topological polar surface area (TPSA) is 93.5 Å². The number of hydrogen-bond acceptors (Lipinski definition) is 4. The van der Waals surface area contributed by atoms with E-state index in [-0.39, 0.29) is 5.91 Å². The molecule has 0 saturated carbocycles. The van der Waals surface area contributed by atoms with Crippen molar-refractivity contribution in [1.29, 1.82) is 0 Å². The number of aryl methyl sites for hydroxylation is 1. The summed E-state index contributed by atoms with van der Waals surface area (Å²) in [4.78, 5) is 23.4. The van der Waals surface area contributed by atoms with Crippen LogP contribution in [-0.2, 0) is 4.74 Å². The third-order valence-corrected chi connectivity index (χ3v) is 2.57. The first-order valence-electron chi connectivity index (χ1n) is 6.80. The zero-order valence-electron chi connectivity index (χ0n) is 12.9.